The topological polar surface area (TPSA) is 68.7 Å². The van der Waals surface area contributed by atoms with Gasteiger partial charge in [-0.1, -0.05) is 12.1 Å². The van der Waals surface area contributed by atoms with Crippen molar-refractivity contribution in [1.82, 2.24) is 0 Å². The highest BCUT2D eigenvalue weighted by Gasteiger charge is 1.98. The van der Waals surface area contributed by atoms with Crippen molar-refractivity contribution in [3.8, 4) is 11.8 Å². The van der Waals surface area contributed by atoms with Gasteiger partial charge in [-0.05, 0) is 36.4 Å². The first kappa shape index (κ1) is 10.8. The SMILES string of the molecule is N#Cc1ccccc1/N=N/c1ccc(O)cc1. The molecule has 0 saturated carbocycles. The van der Waals surface area contributed by atoms with Gasteiger partial charge in [-0.25, -0.2) is 0 Å². The van der Waals surface area contributed by atoms with Crippen LogP contribution in [0.2, 0.25) is 0 Å². The van der Waals surface area contributed by atoms with Crippen molar-refractivity contribution in [1.29, 1.82) is 5.26 Å². The predicted molar refractivity (Wildman–Crippen MR) is 63.4 cm³/mol. The molecule has 4 nitrogen and oxygen atoms in total. The molecule has 0 bridgehead atoms. The van der Waals surface area contributed by atoms with Crippen LogP contribution in [0.1, 0.15) is 5.56 Å². The van der Waals surface area contributed by atoms with E-state index >= 15 is 0 Å². The Morgan fingerprint density at radius 2 is 1.65 bits per heavy atom. The van der Waals surface area contributed by atoms with Gasteiger partial charge in [0.1, 0.15) is 17.5 Å². The molecule has 2 rings (SSSR count). The Hall–Kier alpha value is -2.67. The Labute approximate surface area is 98.5 Å². The maximum Gasteiger partial charge on any atom is 0.115 e. The van der Waals surface area contributed by atoms with Crippen LogP contribution in [0.25, 0.3) is 0 Å². The van der Waals surface area contributed by atoms with Gasteiger partial charge < -0.3 is 5.11 Å². The number of nitrogens with zero attached hydrogens (tertiary/aromatic N) is 3. The molecule has 0 radical (unpaired) electrons. The average Bonchev–Trinajstić information content (AvgIpc) is 2.38. The van der Waals surface area contributed by atoms with Crippen LogP contribution in [0.3, 0.4) is 0 Å². The molecule has 0 aromatic heterocycles. The van der Waals surface area contributed by atoms with E-state index in [1.165, 1.54) is 12.1 Å². The summed E-state index contributed by atoms with van der Waals surface area (Å²) in [5.74, 6) is 0.182. The molecule has 0 unspecified atom stereocenters. The smallest absolute Gasteiger partial charge is 0.115 e. The van der Waals surface area contributed by atoms with Crippen LogP contribution in [-0.4, -0.2) is 5.11 Å². The molecule has 4 heteroatoms. The minimum Gasteiger partial charge on any atom is -0.508 e. The highest BCUT2D eigenvalue weighted by molar-refractivity contribution is 5.53. The minimum atomic E-state index is 0.182. The van der Waals surface area contributed by atoms with E-state index in [1.54, 1.807) is 36.4 Å². The second-order valence-electron chi connectivity index (χ2n) is 3.35. The molecule has 0 fully saturated rings. The number of azo groups is 1. The normalized spacial score (nSPS) is 10.3. The van der Waals surface area contributed by atoms with Crippen LogP contribution in [0.15, 0.2) is 58.8 Å². The lowest BCUT2D eigenvalue weighted by Crippen LogP contribution is -1.73. The number of benzene rings is 2. The molecule has 0 heterocycles. The van der Waals surface area contributed by atoms with E-state index in [2.05, 4.69) is 10.2 Å². The van der Waals surface area contributed by atoms with Crippen molar-refractivity contribution in [2.24, 2.45) is 10.2 Å². The van der Waals surface area contributed by atoms with Gasteiger partial charge in [0.2, 0.25) is 0 Å². The molecule has 2 aromatic rings. The fourth-order valence-electron chi connectivity index (χ4n) is 1.29. The van der Waals surface area contributed by atoms with Gasteiger partial charge in [0.15, 0.2) is 0 Å². The molecule has 17 heavy (non-hydrogen) atoms. The minimum absolute atomic E-state index is 0.182. The Morgan fingerprint density at radius 3 is 2.35 bits per heavy atom. The number of hydrogen-bond donors (Lipinski definition) is 1. The first-order chi connectivity index (χ1) is 8.29. The van der Waals surface area contributed by atoms with Crippen LogP contribution >= 0.6 is 0 Å². The second kappa shape index (κ2) is 4.90. The van der Waals surface area contributed by atoms with Crippen LogP contribution in [0.4, 0.5) is 11.4 Å². The van der Waals surface area contributed by atoms with Crippen molar-refractivity contribution in [3.05, 3.63) is 54.1 Å². The standard InChI is InChI=1S/C13H9N3O/c14-9-10-3-1-2-4-13(10)16-15-11-5-7-12(17)8-6-11/h1-8,17H/b16-15+. The summed E-state index contributed by atoms with van der Waals surface area (Å²) < 4.78 is 0. The summed E-state index contributed by atoms with van der Waals surface area (Å²) in [5, 5.41) is 26.0. The average molecular weight is 223 g/mol. The summed E-state index contributed by atoms with van der Waals surface area (Å²) in [6.07, 6.45) is 0. The predicted octanol–water partition coefficient (Wildman–Crippen LogP) is 3.68. The van der Waals surface area contributed by atoms with E-state index in [0.29, 0.717) is 16.9 Å². The Kier molecular flexibility index (Phi) is 3.13. The van der Waals surface area contributed by atoms with Crippen molar-refractivity contribution in [2.75, 3.05) is 0 Å². The number of phenolic OH excluding ortho intramolecular Hbond substituents is 1. The zero-order chi connectivity index (χ0) is 12.1. The third kappa shape index (κ3) is 2.67. The molecule has 0 aliphatic rings. The Bertz CT molecular complexity index is 582. The maximum atomic E-state index is 9.11. The largest absolute Gasteiger partial charge is 0.508 e. The Morgan fingerprint density at radius 1 is 0.941 bits per heavy atom. The van der Waals surface area contributed by atoms with Crippen molar-refractivity contribution in [3.63, 3.8) is 0 Å². The number of phenols is 1. The first-order valence-corrected chi connectivity index (χ1v) is 4.99. The van der Waals surface area contributed by atoms with Crippen LogP contribution in [0.5, 0.6) is 5.75 Å². The van der Waals surface area contributed by atoms with Crippen molar-refractivity contribution < 1.29 is 5.11 Å². The zero-order valence-corrected chi connectivity index (χ0v) is 8.91. The van der Waals surface area contributed by atoms with Gasteiger partial charge in [-0.3, -0.25) is 0 Å². The molecular formula is C13H9N3O. The first-order valence-electron chi connectivity index (χ1n) is 4.99. The summed E-state index contributed by atoms with van der Waals surface area (Å²) in [7, 11) is 0. The molecular weight excluding hydrogens is 214 g/mol. The molecule has 0 aliphatic carbocycles. The highest BCUT2D eigenvalue weighted by atomic mass is 16.3. The molecule has 0 spiro atoms. The highest BCUT2D eigenvalue weighted by Crippen LogP contribution is 2.22. The van der Waals surface area contributed by atoms with E-state index in [1.807, 2.05) is 6.07 Å². The lowest BCUT2D eigenvalue weighted by Gasteiger charge is -1.95. The third-order valence-electron chi connectivity index (χ3n) is 2.15. The van der Waals surface area contributed by atoms with Crippen LogP contribution in [0, 0.1) is 11.3 Å². The van der Waals surface area contributed by atoms with Gasteiger partial charge in [0.05, 0.1) is 11.3 Å². The van der Waals surface area contributed by atoms with Crippen molar-refractivity contribution in [2.45, 2.75) is 0 Å². The summed E-state index contributed by atoms with van der Waals surface area (Å²) in [6.45, 7) is 0. The van der Waals surface area contributed by atoms with Gasteiger partial charge in [-0.2, -0.15) is 10.4 Å². The molecule has 0 saturated heterocycles. The summed E-state index contributed by atoms with van der Waals surface area (Å²) in [4.78, 5) is 0. The van der Waals surface area contributed by atoms with Crippen LogP contribution < -0.4 is 0 Å². The van der Waals surface area contributed by atoms with E-state index in [-0.39, 0.29) is 5.75 Å². The molecule has 2 aromatic carbocycles. The molecule has 0 atom stereocenters. The van der Waals surface area contributed by atoms with Crippen LogP contribution in [-0.2, 0) is 0 Å². The molecule has 82 valence electrons. The molecule has 0 amide bonds. The number of rotatable bonds is 2. The summed E-state index contributed by atoms with van der Waals surface area (Å²) >= 11 is 0. The number of aromatic hydroxyl groups is 1. The fourth-order valence-corrected chi connectivity index (χ4v) is 1.29. The van der Waals surface area contributed by atoms with Crippen molar-refractivity contribution >= 4 is 11.4 Å². The van der Waals surface area contributed by atoms with Gasteiger partial charge in [-0.15, -0.1) is 5.11 Å². The molecule has 0 aliphatic heterocycles. The van der Waals surface area contributed by atoms with E-state index in [4.69, 9.17) is 10.4 Å². The maximum absolute atomic E-state index is 9.11. The lowest BCUT2D eigenvalue weighted by molar-refractivity contribution is 0.475. The van der Waals surface area contributed by atoms with Gasteiger partial charge >= 0.3 is 0 Å². The monoisotopic (exact) mass is 223 g/mol. The van der Waals surface area contributed by atoms with E-state index < -0.39 is 0 Å². The Balaban J connectivity index is 2.26. The molecule has 1 N–H and O–H groups in total. The second-order valence-corrected chi connectivity index (χ2v) is 3.35. The van der Waals surface area contributed by atoms with E-state index in [9.17, 15) is 0 Å². The van der Waals surface area contributed by atoms with E-state index in [0.717, 1.165) is 0 Å². The number of nitriles is 1. The lowest BCUT2D eigenvalue weighted by atomic mass is 10.2. The van der Waals surface area contributed by atoms with Gasteiger partial charge in [0, 0.05) is 0 Å². The van der Waals surface area contributed by atoms with Gasteiger partial charge in [0.25, 0.3) is 0 Å². The third-order valence-corrected chi connectivity index (χ3v) is 2.15. The fraction of sp³-hybridized carbons (Fsp3) is 0. The number of hydrogen-bond acceptors (Lipinski definition) is 4. The summed E-state index contributed by atoms with van der Waals surface area (Å²) in [5.41, 5.74) is 1.63. The summed E-state index contributed by atoms with van der Waals surface area (Å²) in [6, 6.07) is 15.4. The zero-order valence-electron chi connectivity index (χ0n) is 8.91. The quantitative estimate of drug-likeness (QED) is 0.789.